The van der Waals surface area contributed by atoms with Crippen molar-refractivity contribution in [3.8, 4) is 5.75 Å². The first kappa shape index (κ1) is 30.1. The summed E-state index contributed by atoms with van der Waals surface area (Å²) in [6, 6.07) is 7.35. The molecule has 220 valence electrons. The first-order chi connectivity index (χ1) is 18.8. The maximum Gasteiger partial charge on any atom is 0.459 e. The molecule has 0 spiro atoms. The number of esters is 1. The van der Waals surface area contributed by atoms with Crippen molar-refractivity contribution in [3.63, 3.8) is 0 Å². The van der Waals surface area contributed by atoms with Crippen LogP contribution in [-0.2, 0) is 23.4 Å². The molecule has 1 saturated heterocycles. The van der Waals surface area contributed by atoms with Crippen molar-refractivity contribution in [1.82, 2.24) is 14.6 Å². The summed E-state index contributed by atoms with van der Waals surface area (Å²) in [6.45, 7) is 0.825. The smallest absolute Gasteiger partial charge is 0.459 e. The van der Waals surface area contributed by atoms with Gasteiger partial charge in [-0.05, 0) is 51.7 Å². The lowest BCUT2D eigenvalue weighted by Gasteiger charge is -2.28. The standard InChI is InChI=1S/C25H32F2N3O9P/c1-16(20(32)37-17-9-5-3-6-10-17)29-40(35,39-18-11-7-4-8-12-18)36-15-25(27)21(33)24(2,26)22(38-25)30-14-13-19(31)28-23(30)34/h4,7-8,11-14,16-17,21-22,33H,3,5-6,9-10,15H2,1-2H3,(H,29,35)(H,28,31,34). The molecule has 0 bridgehead atoms. The summed E-state index contributed by atoms with van der Waals surface area (Å²) in [5.74, 6) is -4.01. The number of aliphatic hydroxyl groups is 1. The topological polar surface area (TPSA) is 158 Å². The molecule has 1 aromatic heterocycles. The van der Waals surface area contributed by atoms with Crippen LogP contribution >= 0.6 is 7.75 Å². The molecule has 2 heterocycles. The van der Waals surface area contributed by atoms with Crippen LogP contribution in [0.2, 0.25) is 0 Å². The van der Waals surface area contributed by atoms with E-state index in [1.54, 1.807) is 18.2 Å². The molecule has 1 aromatic carbocycles. The van der Waals surface area contributed by atoms with Crippen LogP contribution < -0.4 is 20.9 Å². The van der Waals surface area contributed by atoms with E-state index < -0.39 is 61.5 Å². The number of rotatable bonds is 10. The number of hydrogen-bond acceptors (Lipinski definition) is 9. The summed E-state index contributed by atoms with van der Waals surface area (Å²) < 4.78 is 67.1. The number of carbonyl (C=O) groups is 1. The largest absolute Gasteiger partial charge is 0.461 e. The van der Waals surface area contributed by atoms with Crippen LogP contribution in [-0.4, -0.2) is 57.0 Å². The normalized spacial score (nSPS) is 29.4. The van der Waals surface area contributed by atoms with Crippen LogP contribution in [0.25, 0.3) is 0 Å². The molecular formula is C25H32F2N3O9P. The molecule has 6 atom stereocenters. The summed E-state index contributed by atoms with van der Waals surface area (Å²) in [4.78, 5) is 38.2. The first-order valence-electron chi connectivity index (χ1n) is 12.9. The summed E-state index contributed by atoms with van der Waals surface area (Å²) in [5.41, 5.74) is -4.78. The maximum atomic E-state index is 15.9. The Balaban J connectivity index is 1.53. The van der Waals surface area contributed by atoms with Crippen LogP contribution in [0.5, 0.6) is 5.75 Å². The Morgan fingerprint density at radius 3 is 2.55 bits per heavy atom. The second-order valence-corrected chi connectivity index (χ2v) is 11.7. The highest BCUT2D eigenvalue weighted by Crippen LogP contribution is 2.51. The number of nitrogens with zero attached hydrogens (tertiary/aromatic N) is 1. The number of halogens is 2. The Bertz CT molecular complexity index is 1350. The Kier molecular flexibility index (Phi) is 8.96. The number of H-pyrrole nitrogens is 1. The van der Waals surface area contributed by atoms with Gasteiger partial charge < -0.3 is 19.1 Å². The molecule has 0 radical (unpaired) electrons. The van der Waals surface area contributed by atoms with Crippen molar-refractivity contribution in [2.24, 2.45) is 0 Å². The number of nitrogens with one attached hydrogen (secondary N) is 2. The molecule has 1 saturated carbocycles. The third kappa shape index (κ3) is 6.69. The summed E-state index contributed by atoms with van der Waals surface area (Å²) in [5, 5.41) is 12.9. The number of ether oxygens (including phenoxy) is 2. The number of aromatic amines is 1. The zero-order chi connectivity index (χ0) is 29.1. The molecule has 0 amide bonds. The second-order valence-electron chi connectivity index (χ2n) is 10.1. The van der Waals surface area contributed by atoms with E-state index in [-0.39, 0.29) is 11.9 Å². The summed E-state index contributed by atoms with van der Waals surface area (Å²) in [6.07, 6.45) is 0.334. The van der Waals surface area contributed by atoms with E-state index in [0.29, 0.717) is 17.4 Å². The van der Waals surface area contributed by atoms with Crippen molar-refractivity contribution in [2.45, 2.75) is 82.0 Å². The van der Waals surface area contributed by atoms with Gasteiger partial charge in [0.2, 0.25) is 0 Å². The highest BCUT2D eigenvalue weighted by atomic mass is 31.2. The van der Waals surface area contributed by atoms with Crippen LogP contribution in [0, 0.1) is 0 Å². The van der Waals surface area contributed by atoms with E-state index in [2.05, 4.69) is 5.09 Å². The van der Waals surface area contributed by atoms with Crippen LogP contribution in [0.1, 0.15) is 52.2 Å². The number of alkyl halides is 2. The number of carbonyl (C=O) groups excluding carboxylic acids is 1. The lowest BCUT2D eigenvalue weighted by Crippen LogP contribution is -2.47. The van der Waals surface area contributed by atoms with Gasteiger partial charge in [-0.2, -0.15) is 5.09 Å². The molecule has 1 aliphatic carbocycles. The van der Waals surface area contributed by atoms with E-state index in [1.807, 2.05) is 4.98 Å². The highest BCUT2D eigenvalue weighted by molar-refractivity contribution is 7.52. The SMILES string of the molecule is CC(NP(=O)(OCC1(F)OC(n2ccc(=O)[nH]c2=O)C(C)(F)C1O)Oc1ccccc1)C(=O)OC1CCCCC1. The van der Waals surface area contributed by atoms with Crippen molar-refractivity contribution < 1.29 is 41.8 Å². The molecule has 4 rings (SSSR count). The maximum absolute atomic E-state index is 15.9. The molecule has 40 heavy (non-hydrogen) atoms. The van der Waals surface area contributed by atoms with E-state index in [9.17, 15) is 24.1 Å². The van der Waals surface area contributed by atoms with E-state index >= 15 is 8.78 Å². The predicted octanol–water partition coefficient (Wildman–Crippen LogP) is 2.88. The van der Waals surface area contributed by atoms with Gasteiger partial charge >= 0.3 is 19.4 Å². The Morgan fingerprint density at radius 1 is 1.23 bits per heavy atom. The van der Waals surface area contributed by atoms with Crippen molar-refractivity contribution in [3.05, 3.63) is 63.4 Å². The monoisotopic (exact) mass is 587 g/mol. The van der Waals surface area contributed by atoms with Gasteiger partial charge in [0.1, 0.15) is 24.5 Å². The summed E-state index contributed by atoms with van der Waals surface area (Å²) in [7, 11) is -4.60. The molecule has 2 aliphatic rings. The van der Waals surface area contributed by atoms with Crippen molar-refractivity contribution >= 4 is 13.7 Å². The predicted molar refractivity (Wildman–Crippen MR) is 137 cm³/mol. The minimum absolute atomic E-state index is 0.0416. The second kappa shape index (κ2) is 11.9. The molecule has 15 heteroatoms. The average molecular weight is 588 g/mol. The van der Waals surface area contributed by atoms with Crippen LogP contribution in [0.15, 0.2) is 52.2 Å². The molecule has 2 aromatic rings. The van der Waals surface area contributed by atoms with Crippen molar-refractivity contribution in [1.29, 1.82) is 0 Å². The number of para-hydroxylation sites is 1. The number of hydrogen-bond donors (Lipinski definition) is 3. The zero-order valence-corrected chi connectivity index (χ0v) is 22.9. The molecule has 1 aliphatic heterocycles. The third-order valence-corrected chi connectivity index (χ3v) is 8.40. The van der Waals surface area contributed by atoms with E-state index in [1.165, 1.54) is 19.1 Å². The molecule has 6 unspecified atom stereocenters. The average Bonchev–Trinajstić information content (AvgIpc) is 3.09. The number of aromatic nitrogens is 2. The molecule has 3 N–H and O–H groups in total. The fraction of sp³-hybridized carbons (Fsp3) is 0.560. The molecule has 2 fully saturated rings. The fourth-order valence-corrected chi connectivity index (χ4v) is 6.10. The van der Waals surface area contributed by atoms with Crippen molar-refractivity contribution in [2.75, 3.05) is 6.61 Å². The van der Waals surface area contributed by atoms with Gasteiger partial charge in [-0.25, -0.2) is 18.1 Å². The van der Waals surface area contributed by atoms with Gasteiger partial charge in [0.25, 0.3) is 11.4 Å². The van der Waals surface area contributed by atoms with Gasteiger partial charge in [-0.15, -0.1) is 0 Å². The fourth-order valence-electron chi connectivity index (χ4n) is 4.60. The lowest BCUT2D eigenvalue weighted by atomic mass is 9.97. The van der Waals surface area contributed by atoms with Gasteiger partial charge in [0, 0.05) is 12.3 Å². The van der Waals surface area contributed by atoms with Gasteiger partial charge in [0.15, 0.2) is 18.0 Å². The Morgan fingerprint density at radius 2 is 1.90 bits per heavy atom. The Labute approximate surface area is 228 Å². The quantitative estimate of drug-likeness (QED) is 0.279. The minimum Gasteiger partial charge on any atom is -0.461 e. The lowest BCUT2D eigenvalue weighted by molar-refractivity contribution is -0.204. The Hall–Kier alpha value is -2.90. The first-order valence-corrected chi connectivity index (χ1v) is 14.4. The van der Waals surface area contributed by atoms with E-state index in [4.69, 9.17) is 18.5 Å². The van der Waals surface area contributed by atoms with Crippen LogP contribution in [0.4, 0.5) is 8.78 Å². The third-order valence-electron chi connectivity index (χ3n) is 6.78. The number of aliphatic hydroxyl groups excluding tert-OH is 1. The van der Waals surface area contributed by atoms with Gasteiger partial charge in [0.05, 0.1) is 0 Å². The zero-order valence-electron chi connectivity index (χ0n) is 22.0. The van der Waals surface area contributed by atoms with Crippen LogP contribution in [0.3, 0.4) is 0 Å². The highest BCUT2D eigenvalue weighted by Gasteiger charge is 2.65. The molecular weight excluding hydrogens is 555 g/mol. The molecule has 12 nitrogen and oxygen atoms in total. The van der Waals surface area contributed by atoms with Gasteiger partial charge in [-0.3, -0.25) is 23.7 Å². The van der Waals surface area contributed by atoms with E-state index in [0.717, 1.165) is 38.4 Å². The van der Waals surface area contributed by atoms with Gasteiger partial charge in [-0.1, -0.05) is 24.6 Å². The number of benzene rings is 1. The summed E-state index contributed by atoms with van der Waals surface area (Å²) >= 11 is 0. The minimum atomic E-state index is -4.60.